The number of sulfonamides is 1. The predicted octanol–water partition coefficient (Wildman–Crippen LogP) is 1.90. The topological polar surface area (TPSA) is 58.2 Å². The summed E-state index contributed by atoms with van der Waals surface area (Å²) in [6.07, 6.45) is 1.10. The van der Waals surface area contributed by atoms with Gasteiger partial charge >= 0.3 is 0 Å². The number of nitrogens with one attached hydrogen (secondary N) is 2. The summed E-state index contributed by atoms with van der Waals surface area (Å²) in [6, 6.07) is 4.46. The van der Waals surface area contributed by atoms with Crippen molar-refractivity contribution in [2.75, 3.05) is 12.8 Å². The van der Waals surface area contributed by atoms with Crippen LogP contribution in [0.5, 0.6) is 0 Å². The maximum absolute atomic E-state index is 13.5. The molecule has 0 saturated heterocycles. The molecule has 0 bridgehead atoms. The molecule has 0 radical (unpaired) electrons. The fourth-order valence-corrected chi connectivity index (χ4v) is 2.95. The summed E-state index contributed by atoms with van der Waals surface area (Å²) >= 11 is 5.66. The van der Waals surface area contributed by atoms with E-state index in [0.29, 0.717) is 23.7 Å². The summed E-state index contributed by atoms with van der Waals surface area (Å²) in [4.78, 5) is 0. The van der Waals surface area contributed by atoms with Gasteiger partial charge in [-0.2, -0.15) is 0 Å². The smallest absolute Gasteiger partial charge is 0.209 e. The maximum atomic E-state index is 13.5. The summed E-state index contributed by atoms with van der Waals surface area (Å²) in [5, 5.41) is 3.36. The zero-order chi connectivity index (χ0) is 14.7. The highest BCUT2D eigenvalue weighted by molar-refractivity contribution is 7.88. The van der Waals surface area contributed by atoms with Crippen LogP contribution >= 0.6 is 11.6 Å². The van der Waals surface area contributed by atoms with E-state index in [2.05, 4.69) is 10.0 Å². The molecule has 1 aromatic rings. The first-order chi connectivity index (χ1) is 8.59. The van der Waals surface area contributed by atoms with Gasteiger partial charge < -0.3 is 5.32 Å². The van der Waals surface area contributed by atoms with E-state index in [1.807, 2.05) is 0 Å². The highest BCUT2D eigenvalue weighted by Crippen LogP contribution is 2.14. The van der Waals surface area contributed by atoms with Crippen LogP contribution in [0.3, 0.4) is 0 Å². The van der Waals surface area contributed by atoms with Crippen molar-refractivity contribution in [1.29, 1.82) is 0 Å². The van der Waals surface area contributed by atoms with Crippen molar-refractivity contribution in [1.82, 2.24) is 10.0 Å². The molecular weight excluding hydrogens is 291 g/mol. The maximum Gasteiger partial charge on any atom is 0.209 e. The number of benzene rings is 1. The Morgan fingerprint density at radius 1 is 1.37 bits per heavy atom. The molecule has 0 saturated carbocycles. The molecule has 0 aromatic heterocycles. The molecule has 0 heterocycles. The summed E-state index contributed by atoms with van der Waals surface area (Å²) in [6.45, 7) is 4.18. The first-order valence-corrected chi connectivity index (χ1v) is 8.00. The highest BCUT2D eigenvalue weighted by Gasteiger charge is 2.21. The molecule has 108 valence electrons. The molecule has 0 atom stereocenters. The van der Waals surface area contributed by atoms with E-state index < -0.39 is 15.6 Å². The van der Waals surface area contributed by atoms with Crippen molar-refractivity contribution < 1.29 is 12.8 Å². The first kappa shape index (κ1) is 16.4. The second kappa shape index (κ2) is 6.17. The largest absolute Gasteiger partial charge is 0.311 e. The molecule has 2 N–H and O–H groups in total. The molecule has 1 aromatic carbocycles. The third-order valence-electron chi connectivity index (χ3n) is 2.36. The quantitative estimate of drug-likeness (QED) is 0.844. The molecule has 1 rings (SSSR count). The Morgan fingerprint density at radius 3 is 2.53 bits per heavy atom. The molecule has 7 heteroatoms. The van der Waals surface area contributed by atoms with E-state index in [1.165, 1.54) is 6.07 Å². The molecule has 19 heavy (non-hydrogen) atoms. The minimum Gasteiger partial charge on any atom is -0.311 e. The van der Waals surface area contributed by atoms with Gasteiger partial charge in [-0.25, -0.2) is 17.5 Å². The van der Waals surface area contributed by atoms with Crippen LogP contribution in [-0.4, -0.2) is 26.8 Å². The lowest BCUT2D eigenvalue weighted by molar-refractivity contribution is 0.418. The first-order valence-electron chi connectivity index (χ1n) is 5.73. The average Bonchev–Trinajstić information content (AvgIpc) is 2.17. The van der Waals surface area contributed by atoms with Gasteiger partial charge in [0.1, 0.15) is 5.82 Å². The number of halogens is 2. The van der Waals surface area contributed by atoms with Crippen molar-refractivity contribution >= 4 is 21.6 Å². The van der Waals surface area contributed by atoms with Crippen LogP contribution in [0.15, 0.2) is 18.2 Å². The van der Waals surface area contributed by atoms with Crippen LogP contribution in [0.1, 0.15) is 19.4 Å². The third-order valence-corrected chi connectivity index (χ3v) is 3.52. The van der Waals surface area contributed by atoms with E-state index in [9.17, 15) is 12.8 Å². The van der Waals surface area contributed by atoms with Gasteiger partial charge in [0.25, 0.3) is 0 Å². The molecule has 4 nitrogen and oxygen atoms in total. The Balaban J connectivity index is 2.54. The van der Waals surface area contributed by atoms with Gasteiger partial charge in [-0.15, -0.1) is 0 Å². The Hall–Kier alpha value is -0.690. The standard InChI is InChI=1S/C12H18ClFN2O2S/c1-12(2,16-19(3,17)18)8-15-7-9-4-5-10(13)6-11(9)14/h4-6,15-16H,7-8H2,1-3H3. The molecule has 0 unspecified atom stereocenters. The number of hydrogen-bond donors (Lipinski definition) is 2. The molecule has 0 aliphatic carbocycles. The van der Waals surface area contributed by atoms with Gasteiger partial charge in [0, 0.05) is 29.2 Å². The van der Waals surface area contributed by atoms with Crippen molar-refractivity contribution in [2.24, 2.45) is 0 Å². The summed E-state index contributed by atoms with van der Waals surface area (Å²) in [5.74, 6) is -0.381. The van der Waals surface area contributed by atoms with Crippen LogP contribution in [0.4, 0.5) is 4.39 Å². The lowest BCUT2D eigenvalue weighted by Gasteiger charge is -2.25. The van der Waals surface area contributed by atoms with Crippen molar-refractivity contribution in [3.05, 3.63) is 34.6 Å². The fourth-order valence-electron chi connectivity index (χ4n) is 1.71. The van der Waals surface area contributed by atoms with Gasteiger partial charge in [-0.3, -0.25) is 0 Å². The van der Waals surface area contributed by atoms with E-state index >= 15 is 0 Å². The normalized spacial score (nSPS) is 12.7. The van der Waals surface area contributed by atoms with Gasteiger partial charge in [0.2, 0.25) is 10.0 Å². The van der Waals surface area contributed by atoms with E-state index in [1.54, 1.807) is 26.0 Å². The van der Waals surface area contributed by atoms with Gasteiger partial charge in [-0.05, 0) is 26.0 Å². The summed E-state index contributed by atoms with van der Waals surface area (Å²) < 4.78 is 38.3. The summed E-state index contributed by atoms with van der Waals surface area (Å²) in [5.41, 5.74) is -0.157. The second-order valence-corrected chi connectivity index (χ2v) is 7.28. The van der Waals surface area contributed by atoms with E-state index in [4.69, 9.17) is 11.6 Å². The van der Waals surface area contributed by atoms with Crippen molar-refractivity contribution in [3.63, 3.8) is 0 Å². The van der Waals surface area contributed by atoms with Gasteiger partial charge in [0.15, 0.2) is 0 Å². The average molecular weight is 309 g/mol. The highest BCUT2D eigenvalue weighted by atomic mass is 35.5. The van der Waals surface area contributed by atoms with Gasteiger partial charge in [0.05, 0.1) is 6.26 Å². The van der Waals surface area contributed by atoms with E-state index in [-0.39, 0.29) is 5.82 Å². The Morgan fingerprint density at radius 2 is 2.00 bits per heavy atom. The van der Waals surface area contributed by atoms with Crippen LogP contribution in [-0.2, 0) is 16.6 Å². The third kappa shape index (κ3) is 6.33. The van der Waals surface area contributed by atoms with Crippen molar-refractivity contribution in [2.45, 2.75) is 25.9 Å². The fraction of sp³-hybridized carbons (Fsp3) is 0.500. The van der Waals surface area contributed by atoms with Crippen LogP contribution in [0, 0.1) is 5.82 Å². The Bertz CT molecular complexity index is 547. The molecule has 0 aliphatic rings. The summed E-state index contributed by atoms with van der Waals surface area (Å²) in [7, 11) is -3.27. The van der Waals surface area contributed by atoms with Crippen LogP contribution < -0.4 is 10.0 Å². The van der Waals surface area contributed by atoms with Gasteiger partial charge in [-0.1, -0.05) is 17.7 Å². The predicted molar refractivity (Wildman–Crippen MR) is 75.2 cm³/mol. The SMILES string of the molecule is CC(C)(CNCc1ccc(Cl)cc1F)NS(C)(=O)=O. The monoisotopic (exact) mass is 308 g/mol. The zero-order valence-electron chi connectivity index (χ0n) is 11.1. The van der Waals surface area contributed by atoms with Crippen LogP contribution in [0.25, 0.3) is 0 Å². The minimum atomic E-state index is -3.27. The lowest BCUT2D eigenvalue weighted by atomic mass is 10.1. The Kier molecular flexibility index (Phi) is 5.32. The molecular formula is C12H18ClFN2O2S. The second-order valence-electron chi connectivity index (χ2n) is 5.10. The number of hydrogen-bond acceptors (Lipinski definition) is 3. The van der Waals surface area contributed by atoms with E-state index in [0.717, 1.165) is 6.26 Å². The lowest BCUT2D eigenvalue weighted by Crippen LogP contribution is -2.49. The van der Waals surface area contributed by atoms with Crippen molar-refractivity contribution in [3.8, 4) is 0 Å². The van der Waals surface area contributed by atoms with Crippen LogP contribution in [0.2, 0.25) is 5.02 Å². The number of rotatable bonds is 6. The molecule has 0 fully saturated rings. The zero-order valence-corrected chi connectivity index (χ0v) is 12.7. The molecule has 0 spiro atoms. The molecule has 0 amide bonds. The Labute approximate surface area is 118 Å². The molecule has 0 aliphatic heterocycles. The minimum absolute atomic E-state index is 0.303.